The SMILES string of the molecule is O=C(O)C1=C(/C=C2\CCN(c3cccc([N+](=O)[O-])c3)C2=O)C[C@@H]2CN(C(=O)C(F)(F)F)[C@@H]3C(=O)N1[C@H]23.[NaH]. The van der Waals surface area contributed by atoms with Crippen LogP contribution in [0.25, 0.3) is 0 Å². The predicted molar refractivity (Wildman–Crippen MR) is 120 cm³/mol. The third-order valence-corrected chi connectivity index (χ3v) is 6.92. The first-order chi connectivity index (χ1) is 16.9. The van der Waals surface area contributed by atoms with Gasteiger partial charge in [-0.2, -0.15) is 13.2 Å². The summed E-state index contributed by atoms with van der Waals surface area (Å²) in [7, 11) is 0. The number of carboxylic acids is 1. The number of nitrogens with zero attached hydrogens (tertiary/aromatic N) is 4. The van der Waals surface area contributed by atoms with Crippen LogP contribution in [0.4, 0.5) is 24.5 Å². The average molecular weight is 530 g/mol. The van der Waals surface area contributed by atoms with Crippen LogP contribution in [0.5, 0.6) is 0 Å². The van der Waals surface area contributed by atoms with Gasteiger partial charge in [-0.05, 0) is 30.6 Å². The van der Waals surface area contributed by atoms with Crippen molar-refractivity contribution in [3.05, 3.63) is 57.3 Å². The third kappa shape index (κ3) is 4.22. The van der Waals surface area contributed by atoms with Gasteiger partial charge in [0.05, 0.1) is 16.7 Å². The van der Waals surface area contributed by atoms with E-state index in [9.17, 15) is 47.6 Å². The van der Waals surface area contributed by atoms with E-state index in [0.29, 0.717) is 4.90 Å². The van der Waals surface area contributed by atoms with Gasteiger partial charge in [0.2, 0.25) is 0 Å². The Kier molecular flexibility index (Phi) is 6.71. The summed E-state index contributed by atoms with van der Waals surface area (Å²) in [5.41, 5.74) is -0.0583. The Balaban J connectivity index is 0.00000320. The van der Waals surface area contributed by atoms with Crippen LogP contribution in [0.15, 0.2) is 47.2 Å². The number of halogens is 3. The Morgan fingerprint density at radius 2 is 1.92 bits per heavy atom. The Labute approximate surface area is 228 Å². The van der Waals surface area contributed by atoms with Crippen molar-refractivity contribution in [2.75, 3.05) is 18.0 Å². The van der Waals surface area contributed by atoms with Crippen molar-refractivity contribution in [3.8, 4) is 0 Å². The van der Waals surface area contributed by atoms with Crippen LogP contribution in [0.2, 0.25) is 0 Å². The molecule has 4 aliphatic heterocycles. The second-order valence-corrected chi connectivity index (χ2v) is 8.90. The van der Waals surface area contributed by atoms with Crippen LogP contribution >= 0.6 is 0 Å². The molecule has 4 heterocycles. The summed E-state index contributed by atoms with van der Waals surface area (Å²) in [5, 5.41) is 20.9. The molecule has 1 aromatic rings. The first-order valence-electron chi connectivity index (χ1n) is 10.8. The summed E-state index contributed by atoms with van der Waals surface area (Å²) in [6, 6.07) is 3.20. The van der Waals surface area contributed by atoms with Crippen LogP contribution in [0.3, 0.4) is 0 Å². The van der Waals surface area contributed by atoms with Crippen molar-refractivity contribution in [2.24, 2.45) is 5.92 Å². The molecular weight excluding hydrogens is 512 g/mol. The first kappa shape index (κ1) is 26.8. The molecule has 1 aromatic carbocycles. The van der Waals surface area contributed by atoms with E-state index in [1.807, 2.05) is 0 Å². The molecule has 5 rings (SSSR count). The standard InChI is InChI=1S/C22H17F3N4O7.Na.H/c23-22(24,25)21(34)27-9-12-7-11(16(20(32)33)28-15(12)17(27)19(28)31)6-10-4-5-26(18(10)30)13-2-1-3-14(8-13)29(35)36;;/h1-3,6,8,12,15,17H,4-5,7,9H2,(H,32,33);;/b10-6+;;/t12-,15-,17+;;/m1../s1. The fourth-order valence-corrected chi connectivity index (χ4v) is 5.45. The van der Waals surface area contributed by atoms with Gasteiger partial charge in [0.15, 0.2) is 0 Å². The number of likely N-dealkylation sites (tertiary alicyclic amines) is 1. The Hall–Kier alpha value is -3.23. The summed E-state index contributed by atoms with van der Waals surface area (Å²) in [6.07, 6.45) is -3.70. The summed E-state index contributed by atoms with van der Waals surface area (Å²) >= 11 is 0. The van der Waals surface area contributed by atoms with Gasteiger partial charge in [0, 0.05) is 36.7 Å². The quantitative estimate of drug-likeness (QED) is 0.201. The number of carbonyl (C=O) groups is 4. The summed E-state index contributed by atoms with van der Waals surface area (Å²) in [5.74, 6) is -5.68. The number of β-lactam (4-membered cyclic amide) rings is 1. The molecular formula is C22H18F3N4NaO7. The molecule has 3 atom stereocenters. The van der Waals surface area contributed by atoms with Crippen LogP contribution < -0.4 is 4.90 Å². The Morgan fingerprint density at radius 1 is 1.22 bits per heavy atom. The molecule has 3 amide bonds. The second kappa shape index (κ2) is 9.26. The molecule has 0 spiro atoms. The molecule has 15 heteroatoms. The van der Waals surface area contributed by atoms with Crippen LogP contribution in [-0.4, -0.2) is 104 Å². The number of nitro benzene ring substituents is 1. The number of non-ortho nitro benzene ring substituents is 1. The third-order valence-electron chi connectivity index (χ3n) is 6.92. The number of hydrogen-bond acceptors (Lipinski definition) is 6. The minimum absolute atomic E-state index is 0. The van der Waals surface area contributed by atoms with Gasteiger partial charge in [-0.3, -0.25) is 29.4 Å². The van der Waals surface area contributed by atoms with Gasteiger partial charge in [-0.25, -0.2) is 4.79 Å². The van der Waals surface area contributed by atoms with E-state index in [2.05, 4.69) is 0 Å². The minimum atomic E-state index is -5.17. The predicted octanol–water partition coefficient (Wildman–Crippen LogP) is 0.952. The normalized spacial score (nSPS) is 25.8. The number of nitro groups is 1. The zero-order valence-electron chi connectivity index (χ0n) is 18.3. The molecule has 3 fully saturated rings. The molecule has 1 N–H and O–H groups in total. The summed E-state index contributed by atoms with van der Waals surface area (Å²) < 4.78 is 39.1. The number of carbonyl (C=O) groups excluding carboxylic acids is 3. The number of carboxylic acid groups (broad SMARTS) is 1. The van der Waals surface area contributed by atoms with Gasteiger partial charge in [0.25, 0.3) is 17.5 Å². The van der Waals surface area contributed by atoms with Gasteiger partial charge >= 0.3 is 47.6 Å². The molecule has 190 valence electrons. The molecule has 3 saturated heterocycles. The zero-order chi connectivity index (χ0) is 26.1. The van der Waals surface area contributed by atoms with E-state index < -0.39 is 58.5 Å². The maximum atomic E-state index is 13.0. The first-order valence-corrected chi connectivity index (χ1v) is 10.8. The van der Waals surface area contributed by atoms with E-state index in [1.165, 1.54) is 35.2 Å². The van der Waals surface area contributed by atoms with Crippen molar-refractivity contribution in [1.82, 2.24) is 9.80 Å². The summed E-state index contributed by atoms with van der Waals surface area (Å²) in [4.78, 5) is 62.7. The van der Waals surface area contributed by atoms with Crippen molar-refractivity contribution in [2.45, 2.75) is 31.1 Å². The van der Waals surface area contributed by atoms with Gasteiger partial charge in [-0.1, -0.05) is 6.07 Å². The fourth-order valence-electron chi connectivity index (χ4n) is 5.45. The van der Waals surface area contributed by atoms with Crippen molar-refractivity contribution < 1.29 is 42.4 Å². The number of benzene rings is 1. The molecule has 4 aliphatic rings. The number of rotatable bonds is 4. The van der Waals surface area contributed by atoms with Crippen LogP contribution in [0, 0.1) is 16.0 Å². The molecule has 11 nitrogen and oxygen atoms in total. The van der Waals surface area contributed by atoms with E-state index in [4.69, 9.17) is 0 Å². The number of allylic oxidation sites excluding steroid dienone is 2. The van der Waals surface area contributed by atoms with Gasteiger partial charge in [-0.15, -0.1) is 0 Å². The van der Waals surface area contributed by atoms with Crippen LogP contribution in [-0.2, 0) is 19.2 Å². The van der Waals surface area contributed by atoms with Crippen molar-refractivity contribution in [1.29, 1.82) is 0 Å². The monoisotopic (exact) mass is 530 g/mol. The van der Waals surface area contributed by atoms with Gasteiger partial charge in [0.1, 0.15) is 11.7 Å². The second-order valence-electron chi connectivity index (χ2n) is 8.90. The number of aliphatic carboxylic acids is 1. The Bertz CT molecular complexity index is 1310. The Morgan fingerprint density at radius 3 is 2.54 bits per heavy atom. The zero-order valence-corrected chi connectivity index (χ0v) is 18.3. The fraction of sp³-hybridized carbons (Fsp3) is 0.364. The topological polar surface area (TPSA) is 141 Å². The average Bonchev–Trinajstić information content (AvgIpc) is 3.35. The van der Waals surface area contributed by atoms with Crippen molar-refractivity contribution in [3.63, 3.8) is 0 Å². The molecule has 0 unspecified atom stereocenters. The number of amides is 3. The molecule has 0 bridgehead atoms. The molecule has 37 heavy (non-hydrogen) atoms. The van der Waals surface area contributed by atoms with E-state index in [1.54, 1.807) is 0 Å². The number of anilines is 1. The number of hydrogen-bond donors (Lipinski definition) is 1. The summed E-state index contributed by atoms with van der Waals surface area (Å²) in [6.45, 7) is -0.199. The number of alkyl halides is 3. The van der Waals surface area contributed by atoms with E-state index in [-0.39, 0.29) is 78.0 Å². The molecule has 0 aromatic heterocycles. The molecule has 0 aliphatic carbocycles. The van der Waals surface area contributed by atoms with E-state index in [0.717, 1.165) is 4.90 Å². The van der Waals surface area contributed by atoms with Gasteiger partial charge < -0.3 is 14.9 Å². The molecule has 0 saturated carbocycles. The van der Waals surface area contributed by atoms with Crippen molar-refractivity contribution >= 4 is 64.6 Å². The van der Waals surface area contributed by atoms with E-state index >= 15 is 0 Å². The maximum absolute atomic E-state index is 13.0. The van der Waals surface area contributed by atoms with Crippen LogP contribution in [0.1, 0.15) is 12.8 Å². The molecule has 0 radical (unpaired) electrons.